The number of nitrogens with one attached hydrogen (secondary N) is 2. The summed E-state index contributed by atoms with van der Waals surface area (Å²) in [5.74, 6) is 0.352. The number of rotatable bonds is 8. The van der Waals surface area contributed by atoms with Crippen molar-refractivity contribution in [3.8, 4) is 0 Å². The quantitative estimate of drug-likeness (QED) is 0.536. The van der Waals surface area contributed by atoms with Gasteiger partial charge in [-0.05, 0) is 49.0 Å². The first-order valence-corrected chi connectivity index (χ1v) is 11.3. The molecule has 1 amide bonds. The van der Waals surface area contributed by atoms with E-state index in [4.69, 9.17) is 12.2 Å². The van der Waals surface area contributed by atoms with E-state index in [2.05, 4.69) is 15.5 Å². The number of sulfone groups is 1. The summed E-state index contributed by atoms with van der Waals surface area (Å²) in [7, 11) is -3.47. The lowest BCUT2D eigenvalue weighted by atomic mass is 10.1. The molecule has 2 N–H and O–H groups in total. The molecule has 152 valence electrons. The molecule has 3 rings (SSSR count). The van der Waals surface area contributed by atoms with E-state index in [0.29, 0.717) is 35.4 Å². The number of aromatic amines is 1. The zero-order valence-corrected chi connectivity index (χ0v) is 17.6. The zero-order valence-electron chi connectivity index (χ0n) is 16.0. The molecule has 0 atom stereocenters. The Labute approximate surface area is 174 Å². The van der Waals surface area contributed by atoms with Crippen molar-refractivity contribution < 1.29 is 13.2 Å². The SMILES string of the molecule is CCn1c(CCNC(=O)c2cccc(CS(=O)(=O)c3ccccc3)c2)n[nH]c1=S. The number of nitrogens with zero attached hydrogens (tertiary/aromatic N) is 2. The van der Waals surface area contributed by atoms with E-state index >= 15 is 0 Å². The molecular formula is C20H22N4O3S2. The van der Waals surface area contributed by atoms with Gasteiger partial charge in [0.15, 0.2) is 14.6 Å². The summed E-state index contributed by atoms with van der Waals surface area (Å²) >= 11 is 5.15. The average Bonchev–Trinajstić information content (AvgIpc) is 3.08. The fourth-order valence-corrected chi connectivity index (χ4v) is 4.63. The first kappa shape index (κ1) is 20.9. The second-order valence-corrected chi connectivity index (χ2v) is 8.84. The summed E-state index contributed by atoms with van der Waals surface area (Å²) < 4.78 is 27.5. The highest BCUT2D eigenvalue weighted by Crippen LogP contribution is 2.17. The smallest absolute Gasteiger partial charge is 0.251 e. The third kappa shape index (κ3) is 5.18. The number of aromatic nitrogens is 3. The van der Waals surface area contributed by atoms with Gasteiger partial charge in [0.1, 0.15) is 5.82 Å². The van der Waals surface area contributed by atoms with Crippen molar-refractivity contribution in [3.05, 3.63) is 76.3 Å². The molecule has 0 aliphatic heterocycles. The van der Waals surface area contributed by atoms with Crippen molar-refractivity contribution in [2.45, 2.75) is 30.5 Å². The Morgan fingerprint density at radius 3 is 2.66 bits per heavy atom. The maximum atomic E-state index is 12.6. The molecule has 0 bridgehead atoms. The van der Waals surface area contributed by atoms with Crippen LogP contribution in [0.1, 0.15) is 28.7 Å². The van der Waals surface area contributed by atoms with Gasteiger partial charge >= 0.3 is 0 Å². The summed E-state index contributed by atoms with van der Waals surface area (Å²) in [6.07, 6.45) is 0.537. The van der Waals surface area contributed by atoms with Gasteiger partial charge in [-0.1, -0.05) is 30.3 Å². The fourth-order valence-electron chi connectivity index (χ4n) is 2.99. The summed E-state index contributed by atoms with van der Waals surface area (Å²) in [4.78, 5) is 12.7. The van der Waals surface area contributed by atoms with E-state index in [-0.39, 0.29) is 16.6 Å². The van der Waals surface area contributed by atoms with Crippen LogP contribution in [0.5, 0.6) is 0 Å². The van der Waals surface area contributed by atoms with Gasteiger partial charge in [0.2, 0.25) is 0 Å². The molecule has 2 aromatic carbocycles. The van der Waals surface area contributed by atoms with Crippen LogP contribution in [0.25, 0.3) is 0 Å². The molecule has 0 saturated heterocycles. The standard InChI is InChI=1S/C20H22N4O3S2/c1-2-24-18(22-23-20(24)28)11-12-21-19(25)16-8-6-7-15(13-16)14-29(26,27)17-9-4-3-5-10-17/h3-10,13H,2,11-12,14H2,1H3,(H,21,25)(H,23,28). The van der Waals surface area contributed by atoms with Crippen molar-refractivity contribution in [2.75, 3.05) is 6.54 Å². The summed E-state index contributed by atoms with van der Waals surface area (Å²) in [6.45, 7) is 3.07. The van der Waals surface area contributed by atoms with E-state index in [1.165, 1.54) is 0 Å². The minimum absolute atomic E-state index is 0.163. The van der Waals surface area contributed by atoms with Crippen LogP contribution < -0.4 is 5.32 Å². The van der Waals surface area contributed by atoms with Crippen LogP contribution in [0.15, 0.2) is 59.5 Å². The topological polar surface area (TPSA) is 96.8 Å². The molecule has 9 heteroatoms. The Bertz CT molecular complexity index is 1150. The number of benzene rings is 2. The largest absolute Gasteiger partial charge is 0.352 e. The highest BCUT2D eigenvalue weighted by molar-refractivity contribution is 7.90. The van der Waals surface area contributed by atoms with Crippen molar-refractivity contribution in [1.29, 1.82) is 0 Å². The minimum atomic E-state index is -3.47. The van der Waals surface area contributed by atoms with E-state index < -0.39 is 9.84 Å². The normalized spacial score (nSPS) is 11.3. The molecule has 7 nitrogen and oxygen atoms in total. The number of hydrogen-bond acceptors (Lipinski definition) is 5. The number of amides is 1. The highest BCUT2D eigenvalue weighted by Gasteiger charge is 2.16. The van der Waals surface area contributed by atoms with E-state index in [1.807, 2.05) is 11.5 Å². The highest BCUT2D eigenvalue weighted by atomic mass is 32.2. The summed E-state index contributed by atoms with van der Waals surface area (Å²) in [5, 5.41) is 9.75. The van der Waals surface area contributed by atoms with Gasteiger partial charge < -0.3 is 9.88 Å². The van der Waals surface area contributed by atoms with Gasteiger partial charge in [0, 0.05) is 25.1 Å². The van der Waals surface area contributed by atoms with Crippen LogP contribution >= 0.6 is 12.2 Å². The molecule has 0 fully saturated rings. The van der Waals surface area contributed by atoms with E-state index in [9.17, 15) is 13.2 Å². The van der Waals surface area contributed by atoms with Crippen LogP contribution in [0.2, 0.25) is 0 Å². The molecule has 0 radical (unpaired) electrons. The van der Waals surface area contributed by atoms with Crippen LogP contribution in [-0.4, -0.2) is 35.6 Å². The molecule has 29 heavy (non-hydrogen) atoms. The third-order valence-electron chi connectivity index (χ3n) is 4.44. The summed E-state index contributed by atoms with van der Waals surface area (Å²) in [6, 6.07) is 14.9. The lowest BCUT2D eigenvalue weighted by Gasteiger charge is -2.08. The van der Waals surface area contributed by atoms with Gasteiger partial charge in [-0.3, -0.25) is 9.89 Å². The van der Waals surface area contributed by atoms with Crippen LogP contribution in [0.4, 0.5) is 0 Å². The fraction of sp³-hybridized carbons (Fsp3) is 0.250. The van der Waals surface area contributed by atoms with Crippen LogP contribution in [0, 0.1) is 4.77 Å². The maximum Gasteiger partial charge on any atom is 0.251 e. The number of H-pyrrole nitrogens is 1. The predicted octanol–water partition coefficient (Wildman–Crippen LogP) is 2.91. The van der Waals surface area contributed by atoms with Gasteiger partial charge in [-0.2, -0.15) is 5.10 Å². The first-order valence-electron chi connectivity index (χ1n) is 9.19. The molecule has 0 unspecified atom stereocenters. The van der Waals surface area contributed by atoms with Gasteiger partial charge in [0.25, 0.3) is 5.91 Å². The van der Waals surface area contributed by atoms with Gasteiger partial charge in [0.05, 0.1) is 10.6 Å². The molecule has 3 aromatic rings. The van der Waals surface area contributed by atoms with Crippen molar-refractivity contribution >= 4 is 28.0 Å². The Balaban J connectivity index is 1.64. The molecule has 0 saturated carbocycles. The third-order valence-corrected chi connectivity index (χ3v) is 6.45. The number of carbonyl (C=O) groups excluding carboxylic acids is 1. The maximum absolute atomic E-state index is 12.6. The first-order chi connectivity index (χ1) is 13.9. The predicted molar refractivity (Wildman–Crippen MR) is 113 cm³/mol. The van der Waals surface area contributed by atoms with Gasteiger partial charge in [-0.15, -0.1) is 0 Å². The van der Waals surface area contributed by atoms with E-state index in [0.717, 1.165) is 5.82 Å². The number of carbonyl (C=O) groups is 1. The molecule has 1 aromatic heterocycles. The van der Waals surface area contributed by atoms with E-state index in [1.54, 1.807) is 54.6 Å². The lowest BCUT2D eigenvalue weighted by molar-refractivity contribution is 0.0953. The lowest BCUT2D eigenvalue weighted by Crippen LogP contribution is -2.26. The van der Waals surface area contributed by atoms with Crippen molar-refractivity contribution in [3.63, 3.8) is 0 Å². The van der Waals surface area contributed by atoms with Crippen molar-refractivity contribution in [1.82, 2.24) is 20.1 Å². The zero-order chi connectivity index (χ0) is 20.9. The minimum Gasteiger partial charge on any atom is -0.352 e. The van der Waals surface area contributed by atoms with Crippen LogP contribution in [-0.2, 0) is 28.6 Å². The molecular weight excluding hydrogens is 408 g/mol. The average molecular weight is 431 g/mol. The molecule has 0 aliphatic rings. The second kappa shape index (κ2) is 9.15. The van der Waals surface area contributed by atoms with Crippen molar-refractivity contribution in [2.24, 2.45) is 0 Å². The Kier molecular flexibility index (Phi) is 6.60. The Morgan fingerprint density at radius 1 is 1.17 bits per heavy atom. The Hall–Kier alpha value is -2.78. The Morgan fingerprint density at radius 2 is 1.93 bits per heavy atom. The molecule has 1 heterocycles. The van der Waals surface area contributed by atoms with Crippen LogP contribution in [0.3, 0.4) is 0 Å². The molecule has 0 spiro atoms. The second-order valence-electron chi connectivity index (χ2n) is 6.47. The van der Waals surface area contributed by atoms with Gasteiger partial charge in [-0.25, -0.2) is 8.42 Å². The monoisotopic (exact) mass is 430 g/mol. The molecule has 0 aliphatic carbocycles. The summed E-state index contributed by atoms with van der Waals surface area (Å²) in [5.41, 5.74) is 0.980. The number of hydrogen-bond donors (Lipinski definition) is 2.